The van der Waals surface area contributed by atoms with Crippen molar-refractivity contribution in [3.05, 3.63) is 118 Å². The Morgan fingerprint density at radius 2 is 1.12 bits per heavy atom. The topological polar surface area (TPSA) is 192 Å². The molecule has 4 heterocycles. The van der Waals surface area contributed by atoms with E-state index in [-0.39, 0.29) is 25.5 Å². The van der Waals surface area contributed by atoms with Crippen molar-refractivity contribution in [2.75, 3.05) is 75.2 Å². The van der Waals surface area contributed by atoms with Gasteiger partial charge in [-0.2, -0.15) is 25.4 Å². The van der Waals surface area contributed by atoms with Crippen molar-refractivity contribution in [2.45, 2.75) is 57.7 Å². The SMILES string of the molecule is COC(=O)c1ccc(CN(c2cccc(Cl)c2)S(=O)(=O)N2CCN(C3CCC3)CC2)nc1.COC(=O)c1ccc(CN(c2cccc(Cl)c2)S(=O)(=O)N2CCNCC2)nc1.Cl.O=C1CCC1. The number of Topliss-reactive ketones (excluding diaryl/α,β-unsaturated/α-hetero) is 1. The van der Waals surface area contributed by atoms with Gasteiger partial charge in [0, 0.05) is 93.7 Å². The lowest BCUT2D eigenvalue weighted by Crippen LogP contribution is -2.56. The number of ether oxygens (including phenoxy) is 2. The van der Waals surface area contributed by atoms with Gasteiger partial charge >= 0.3 is 32.4 Å². The number of methoxy groups -OCH3 is 2. The average molecular weight is 1010 g/mol. The third-order valence-corrected chi connectivity index (χ3v) is 15.7. The molecule has 0 unspecified atom stereocenters. The van der Waals surface area contributed by atoms with Gasteiger partial charge in [-0.3, -0.25) is 28.3 Å². The van der Waals surface area contributed by atoms with Gasteiger partial charge in [0.25, 0.3) is 0 Å². The second-order valence-electron chi connectivity index (χ2n) is 15.6. The minimum atomic E-state index is -3.81. The monoisotopic (exact) mass is 1010 g/mol. The second-order valence-corrected chi connectivity index (χ2v) is 20.2. The molecule has 2 aliphatic heterocycles. The highest BCUT2D eigenvalue weighted by Crippen LogP contribution is 2.30. The molecule has 0 atom stereocenters. The lowest BCUT2D eigenvalue weighted by atomic mass is 9.91. The summed E-state index contributed by atoms with van der Waals surface area (Å²) in [5.41, 5.74) is 2.52. The summed E-state index contributed by atoms with van der Waals surface area (Å²) in [7, 11) is -5.01. The first-order valence-electron chi connectivity index (χ1n) is 21.3. The van der Waals surface area contributed by atoms with Crippen LogP contribution in [0.3, 0.4) is 0 Å². The number of esters is 2. The zero-order chi connectivity index (χ0) is 46.6. The maximum Gasteiger partial charge on any atom is 0.339 e. The summed E-state index contributed by atoms with van der Waals surface area (Å²) in [6.45, 7) is 4.35. The number of pyridine rings is 2. The predicted octanol–water partition coefficient (Wildman–Crippen LogP) is 5.78. The zero-order valence-electron chi connectivity index (χ0n) is 36.8. The van der Waals surface area contributed by atoms with E-state index in [1.807, 2.05) is 0 Å². The third kappa shape index (κ3) is 13.8. The van der Waals surface area contributed by atoms with Gasteiger partial charge in [0.05, 0.1) is 61.2 Å². The van der Waals surface area contributed by atoms with E-state index in [2.05, 4.69) is 24.9 Å². The Labute approximate surface area is 403 Å². The highest BCUT2D eigenvalue weighted by molar-refractivity contribution is 7.90. The fourth-order valence-electron chi connectivity index (χ4n) is 7.21. The molecule has 1 N–H and O–H groups in total. The summed E-state index contributed by atoms with van der Waals surface area (Å²) >= 11 is 12.3. The summed E-state index contributed by atoms with van der Waals surface area (Å²) in [6, 6.07) is 20.4. The number of hydrogen-bond acceptors (Lipinski definition) is 13. The summed E-state index contributed by atoms with van der Waals surface area (Å²) in [6.07, 6.45) is 9.26. The highest BCUT2D eigenvalue weighted by Gasteiger charge is 2.36. The highest BCUT2D eigenvalue weighted by atomic mass is 35.5. The van der Waals surface area contributed by atoms with Crippen molar-refractivity contribution < 1.29 is 40.7 Å². The number of benzene rings is 2. The number of piperazine rings is 2. The number of anilines is 2. The molecule has 358 valence electrons. The molecule has 2 aromatic heterocycles. The first kappa shape index (κ1) is 52.5. The molecule has 2 saturated heterocycles. The van der Waals surface area contributed by atoms with E-state index in [4.69, 9.17) is 27.9 Å². The number of carbonyl (C=O) groups excluding carboxylic acids is 3. The second kappa shape index (κ2) is 24.5. The van der Waals surface area contributed by atoms with Crippen molar-refractivity contribution in [1.82, 2.24) is 28.8 Å². The Morgan fingerprint density at radius 3 is 1.45 bits per heavy atom. The fourth-order valence-corrected chi connectivity index (χ4v) is 10.8. The molecule has 66 heavy (non-hydrogen) atoms. The van der Waals surface area contributed by atoms with Crippen LogP contribution in [0.1, 0.15) is 70.6 Å². The smallest absolute Gasteiger partial charge is 0.339 e. The minimum Gasteiger partial charge on any atom is -0.465 e. The van der Waals surface area contributed by atoms with Crippen molar-refractivity contribution in [1.29, 1.82) is 0 Å². The predicted molar refractivity (Wildman–Crippen MR) is 256 cm³/mol. The number of nitrogens with one attached hydrogen (secondary N) is 1. The van der Waals surface area contributed by atoms with Crippen LogP contribution in [0.2, 0.25) is 10.0 Å². The Morgan fingerprint density at radius 1 is 0.682 bits per heavy atom. The van der Waals surface area contributed by atoms with Gasteiger partial charge in [-0.15, -0.1) is 12.4 Å². The lowest BCUT2D eigenvalue weighted by Gasteiger charge is -2.43. The number of hydrogen-bond donors (Lipinski definition) is 1. The molecule has 2 aliphatic carbocycles. The summed E-state index contributed by atoms with van der Waals surface area (Å²) in [4.78, 5) is 44.1. The molecule has 4 aromatic rings. The average Bonchev–Trinajstić information content (AvgIpc) is 3.29. The van der Waals surface area contributed by atoms with E-state index < -0.39 is 32.4 Å². The number of nitrogens with zero attached hydrogens (tertiary/aromatic N) is 7. The number of aromatic nitrogens is 2. The third-order valence-electron chi connectivity index (χ3n) is 11.4. The van der Waals surface area contributed by atoms with E-state index >= 15 is 0 Å². The van der Waals surface area contributed by atoms with Gasteiger partial charge in [0.15, 0.2) is 0 Å². The Bertz CT molecular complexity index is 2470. The van der Waals surface area contributed by atoms with Crippen LogP contribution in [0.5, 0.6) is 0 Å². The normalized spacial score (nSPS) is 16.9. The lowest BCUT2D eigenvalue weighted by molar-refractivity contribution is -0.123. The largest absolute Gasteiger partial charge is 0.465 e. The van der Waals surface area contributed by atoms with E-state index in [0.717, 1.165) is 32.4 Å². The van der Waals surface area contributed by atoms with E-state index in [1.54, 1.807) is 72.8 Å². The number of ketones is 1. The molecule has 0 bridgehead atoms. The van der Waals surface area contributed by atoms with E-state index in [0.29, 0.717) is 95.0 Å². The quantitative estimate of drug-likeness (QED) is 0.159. The van der Waals surface area contributed by atoms with Crippen LogP contribution >= 0.6 is 35.6 Å². The molecule has 2 saturated carbocycles. The molecule has 2 aromatic carbocycles. The number of halogens is 3. The molecule has 0 amide bonds. The van der Waals surface area contributed by atoms with Crippen molar-refractivity contribution in [3.63, 3.8) is 0 Å². The number of carbonyl (C=O) groups is 3. The molecule has 17 nitrogen and oxygen atoms in total. The molecule has 8 rings (SSSR count). The van der Waals surface area contributed by atoms with Crippen LogP contribution in [-0.4, -0.2) is 131 Å². The molecule has 0 radical (unpaired) electrons. The van der Waals surface area contributed by atoms with Crippen LogP contribution < -0.4 is 13.9 Å². The first-order valence-corrected chi connectivity index (χ1v) is 24.8. The minimum absolute atomic E-state index is 0. The van der Waals surface area contributed by atoms with Crippen LogP contribution in [-0.2, 0) is 47.8 Å². The Balaban J connectivity index is 0.000000222. The maximum atomic E-state index is 13.7. The van der Waals surface area contributed by atoms with Gasteiger partial charge in [-0.25, -0.2) is 9.59 Å². The van der Waals surface area contributed by atoms with Crippen molar-refractivity contribution >= 4 is 85.1 Å². The molecule has 4 fully saturated rings. The van der Waals surface area contributed by atoms with Gasteiger partial charge in [0.2, 0.25) is 0 Å². The summed E-state index contributed by atoms with van der Waals surface area (Å²) in [5, 5.41) is 4.03. The Kier molecular flexibility index (Phi) is 19.5. The summed E-state index contributed by atoms with van der Waals surface area (Å²) < 4.78 is 68.9. The zero-order valence-corrected chi connectivity index (χ0v) is 40.7. The van der Waals surface area contributed by atoms with Crippen LogP contribution in [0.4, 0.5) is 11.4 Å². The fraction of sp³-hybridized carbons (Fsp3) is 0.432. The van der Waals surface area contributed by atoms with Gasteiger partial charge in [0.1, 0.15) is 5.78 Å². The Hall–Kier alpha value is -4.44. The molecule has 0 spiro atoms. The van der Waals surface area contributed by atoms with Gasteiger partial charge in [-0.1, -0.05) is 41.8 Å². The van der Waals surface area contributed by atoms with Crippen LogP contribution in [0, 0.1) is 0 Å². The van der Waals surface area contributed by atoms with Crippen molar-refractivity contribution in [2.24, 2.45) is 0 Å². The van der Waals surface area contributed by atoms with E-state index in [1.165, 1.54) is 63.1 Å². The van der Waals surface area contributed by atoms with E-state index in [9.17, 15) is 31.2 Å². The van der Waals surface area contributed by atoms with Crippen LogP contribution in [0.25, 0.3) is 0 Å². The molecule has 4 aliphatic rings. The summed E-state index contributed by atoms with van der Waals surface area (Å²) in [5.74, 6) is -0.558. The maximum absolute atomic E-state index is 13.7. The molecular formula is C44H55Cl3N8O9S2. The van der Waals surface area contributed by atoms with Crippen molar-refractivity contribution in [3.8, 4) is 0 Å². The first-order chi connectivity index (χ1) is 31.2. The van der Waals surface area contributed by atoms with Gasteiger partial charge in [-0.05, 0) is 79.9 Å². The molecule has 22 heteroatoms. The van der Waals surface area contributed by atoms with Gasteiger partial charge < -0.3 is 14.8 Å². The van der Waals surface area contributed by atoms with Crippen LogP contribution in [0.15, 0.2) is 85.2 Å². The molecular weight excluding hydrogens is 955 g/mol. The number of rotatable bonds is 13. The standard InChI is InChI=1S/C22H27ClN4O4S.C18H21ClN4O4S.C4H6O.ClH/c1-31-22(28)17-8-9-19(24-15-17)16-27(21-7-2-4-18(23)14-21)32(29,30)26-12-10-25(11-13-26)20-5-3-6-20;1-27-18(24)14-5-6-16(21-12-14)13-23(17-4-2-3-15(19)11-17)28(25,26)22-9-7-20-8-10-22;5-4-2-1-3-4;/h2,4,7-9,14-15,20H,3,5-6,10-13,16H2,1H3;2-6,11-12,20H,7-10,13H2,1H3;1-3H2;1H.